The molecule has 0 aromatic heterocycles. The van der Waals surface area contributed by atoms with E-state index < -0.39 is 0 Å². The summed E-state index contributed by atoms with van der Waals surface area (Å²) in [5.74, 6) is 0. The molecule has 0 spiro atoms. The summed E-state index contributed by atoms with van der Waals surface area (Å²) in [6.07, 6.45) is 9.27. The van der Waals surface area contributed by atoms with E-state index in [0.29, 0.717) is 0 Å². The van der Waals surface area contributed by atoms with E-state index in [1.54, 1.807) is 0 Å². The molecule has 1 aromatic rings. The van der Waals surface area contributed by atoms with Crippen molar-refractivity contribution in [2.45, 2.75) is 64.1 Å². The summed E-state index contributed by atoms with van der Waals surface area (Å²) in [5.41, 5.74) is 8.04. The number of aliphatic hydroxyl groups excluding tert-OH is 1. The molecule has 0 amide bonds. The van der Waals surface area contributed by atoms with Gasteiger partial charge in [-0.1, -0.05) is 49.9 Å². The minimum atomic E-state index is 0.125. The maximum Gasteiger partial charge on any atom is 0.0681 e. The second kappa shape index (κ2) is 9.19. The average molecular weight is 290 g/mol. The zero-order valence-electron chi connectivity index (χ0n) is 13.1. The van der Waals surface area contributed by atoms with Crippen LogP contribution in [0.1, 0.15) is 56.1 Å². The van der Waals surface area contributed by atoms with Gasteiger partial charge in [-0.15, -0.1) is 0 Å². The number of hydrogen-bond acceptors (Lipinski definition) is 3. The van der Waals surface area contributed by atoms with Gasteiger partial charge in [0.15, 0.2) is 0 Å². The van der Waals surface area contributed by atoms with Gasteiger partial charge in [-0.2, -0.15) is 0 Å². The number of benzene rings is 1. The Bertz CT molecular complexity index is 383. The summed E-state index contributed by atoms with van der Waals surface area (Å²) in [7, 11) is 0. The van der Waals surface area contributed by atoms with E-state index in [-0.39, 0.29) is 6.61 Å². The molecule has 1 aromatic carbocycles. The fourth-order valence-corrected chi connectivity index (χ4v) is 3.29. The highest BCUT2D eigenvalue weighted by Gasteiger charge is 2.19. The van der Waals surface area contributed by atoms with Gasteiger partial charge in [-0.05, 0) is 43.5 Å². The van der Waals surface area contributed by atoms with Crippen molar-refractivity contribution >= 4 is 0 Å². The van der Waals surface area contributed by atoms with Crippen molar-refractivity contribution in [2.24, 2.45) is 5.73 Å². The van der Waals surface area contributed by atoms with Gasteiger partial charge >= 0.3 is 0 Å². The molecule has 118 valence electrons. The number of nitrogens with two attached hydrogens (primary N) is 1. The van der Waals surface area contributed by atoms with Gasteiger partial charge in [0.25, 0.3) is 0 Å². The molecule has 0 saturated heterocycles. The van der Waals surface area contributed by atoms with Crippen LogP contribution in [-0.4, -0.2) is 29.1 Å². The molecule has 3 nitrogen and oxygen atoms in total. The predicted octanol–water partition coefficient (Wildman–Crippen LogP) is 3.05. The first-order valence-corrected chi connectivity index (χ1v) is 8.46. The van der Waals surface area contributed by atoms with Crippen LogP contribution in [0.25, 0.3) is 0 Å². The molecule has 3 heteroatoms. The molecule has 3 N–H and O–H groups in total. The van der Waals surface area contributed by atoms with Crippen LogP contribution >= 0.6 is 0 Å². The smallest absolute Gasteiger partial charge is 0.0681 e. The van der Waals surface area contributed by atoms with E-state index in [4.69, 9.17) is 10.8 Å². The first-order valence-electron chi connectivity index (χ1n) is 8.46. The first-order chi connectivity index (χ1) is 10.3. The molecule has 1 aliphatic rings. The summed E-state index contributed by atoms with van der Waals surface area (Å²) in [4.78, 5) is 2.63. The number of rotatable bonds is 7. The fourth-order valence-electron chi connectivity index (χ4n) is 3.29. The SMILES string of the molecule is NCCCN(Cc1ccc(CO)cc1)C1CCCCCC1. The molecule has 0 aliphatic heterocycles. The van der Waals surface area contributed by atoms with Crippen LogP contribution in [0.2, 0.25) is 0 Å². The highest BCUT2D eigenvalue weighted by atomic mass is 16.3. The molecule has 0 heterocycles. The Hall–Kier alpha value is -0.900. The molecule has 2 rings (SSSR count). The lowest BCUT2D eigenvalue weighted by Gasteiger charge is -2.31. The lowest BCUT2D eigenvalue weighted by molar-refractivity contribution is 0.169. The van der Waals surface area contributed by atoms with Crippen LogP contribution in [0.4, 0.5) is 0 Å². The van der Waals surface area contributed by atoms with Crippen LogP contribution in [0.5, 0.6) is 0 Å². The molecular weight excluding hydrogens is 260 g/mol. The van der Waals surface area contributed by atoms with Crippen molar-refractivity contribution in [3.63, 3.8) is 0 Å². The average Bonchev–Trinajstić information content (AvgIpc) is 2.81. The molecule has 1 saturated carbocycles. The van der Waals surface area contributed by atoms with E-state index in [0.717, 1.165) is 37.7 Å². The van der Waals surface area contributed by atoms with Crippen molar-refractivity contribution in [2.75, 3.05) is 13.1 Å². The summed E-state index contributed by atoms with van der Waals surface area (Å²) >= 11 is 0. The van der Waals surface area contributed by atoms with Gasteiger partial charge in [0.2, 0.25) is 0 Å². The van der Waals surface area contributed by atoms with E-state index in [2.05, 4.69) is 17.0 Å². The van der Waals surface area contributed by atoms with Crippen LogP contribution in [0.15, 0.2) is 24.3 Å². The lowest BCUT2D eigenvalue weighted by atomic mass is 10.0. The van der Waals surface area contributed by atoms with Crippen molar-refractivity contribution < 1.29 is 5.11 Å². The van der Waals surface area contributed by atoms with E-state index in [1.165, 1.54) is 44.1 Å². The third-order valence-electron chi connectivity index (χ3n) is 4.58. The van der Waals surface area contributed by atoms with Gasteiger partial charge in [0.05, 0.1) is 6.61 Å². The molecule has 1 fully saturated rings. The Balaban J connectivity index is 1.99. The second-order valence-electron chi connectivity index (χ2n) is 6.23. The van der Waals surface area contributed by atoms with Crippen LogP contribution in [-0.2, 0) is 13.2 Å². The van der Waals surface area contributed by atoms with Crippen LogP contribution in [0.3, 0.4) is 0 Å². The normalized spacial score (nSPS) is 17.1. The fraction of sp³-hybridized carbons (Fsp3) is 0.667. The summed E-state index contributed by atoms with van der Waals surface area (Å²) in [6.45, 7) is 3.01. The highest BCUT2D eigenvalue weighted by Crippen LogP contribution is 2.23. The van der Waals surface area contributed by atoms with Crippen molar-refractivity contribution in [1.82, 2.24) is 4.90 Å². The Labute approximate surface area is 129 Å². The summed E-state index contributed by atoms with van der Waals surface area (Å²) < 4.78 is 0. The predicted molar refractivity (Wildman–Crippen MR) is 87.9 cm³/mol. The first kappa shape index (κ1) is 16.5. The molecule has 21 heavy (non-hydrogen) atoms. The quantitative estimate of drug-likeness (QED) is 0.759. The monoisotopic (exact) mass is 290 g/mol. The number of hydrogen-bond donors (Lipinski definition) is 2. The Morgan fingerprint density at radius 2 is 1.62 bits per heavy atom. The molecule has 0 unspecified atom stereocenters. The third kappa shape index (κ3) is 5.42. The van der Waals surface area contributed by atoms with E-state index >= 15 is 0 Å². The van der Waals surface area contributed by atoms with Gasteiger partial charge in [-0.25, -0.2) is 0 Å². The molecule has 0 radical (unpaired) electrons. The Morgan fingerprint density at radius 3 is 2.19 bits per heavy atom. The molecular formula is C18H30N2O. The minimum absolute atomic E-state index is 0.125. The lowest BCUT2D eigenvalue weighted by Crippen LogP contribution is -2.36. The van der Waals surface area contributed by atoms with Crippen LogP contribution in [0, 0.1) is 0 Å². The number of nitrogens with zero attached hydrogens (tertiary/aromatic N) is 1. The van der Waals surface area contributed by atoms with E-state index in [9.17, 15) is 0 Å². The van der Waals surface area contributed by atoms with Gasteiger partial charge in [-0.3, -0.25) is 4.90 Å². The molecule has 1 aliphatic carbocycles. The largest absolute Gasteiger partial charge is 0.392 e. The Morgan fingerprint density at radius 1 is 1.00 bits per heavy atom. The number of aliphatic hydroxyl groups is 1. The maximum atomic E-state index is 9.14. The zero-order valence-corrected chi connectivity index (χ0v) is 13.1. The second-order valence-corrected chi connectivity index (χ2v) is 6.23. The van der Waals surface area contributed by atoms with Crippen molar-refractivity contribution in [3.05, 3.63) is 35.4 Å². The third-order valence-corrected chi connectivity index (χ3v) is 4.58. The Kier molecular flexibility index (Phi) is 7.20. The van der Waals surface area contributed by atoms with Gasteiger partial charge in [0.1, 0.15) is 0 Å². The highest BCUT2D eigenvalue weighted by molar-refractivity contribution is 5.22. The van der Waals surface area contributed by atoms with Gasteiger partial charge < -0.3 is 10.8 Å². The van der Waals surface area contributed by atoms with Crippen LogP contribution < -0.4 is 5.73 Å². The summed E-state index contributed by atoms with van der Waals surface area (Å²) in [6, 6.07) is 9.08. The maximum absolute atomic E-state index is 9.14. The standard InChI is InChI=1S/C18H30N2O/c19-12-5-13-20(18-6-3-1-2-4-7-18)14-16-8-10-17(15-21)11-9-16/h8-11,18,21H,1-7,12-15,19H2. The molecule has 0 bridgehead atoms. The minimum Gasteiger partial charge on any atom is -0.392 e. The topological polar surface area (TPSA) is 49.5 Å². The van der Waals surface area contributed by atoms with Crippen molar-refractivity contribution in [1.29, 1.82) is 0 Å². The molecule has 0 atom stereocenters. The van der Waals surface area contributed by atoms with Gasteiger partial charge in [0, 0.05) is 12.6 Å². The van der Waals surface area contributed by atoms with Crippen molar-refractivity contribution in [3.8, 4) is 0 Å². The zero-order chi connectivity index (χ0) is 14.9. The van der Waals surface area contributed by atoms with E-state index in [1.807, 2.05) is 12.1 Å². The summed E-state index contributed by atoms with van der Waals surface area (Å²) in [5, 5.41) is 9.14.